The van der Waals surface area contributed by atoms with E-state index < -0.39 is 5.60 Å². The summed E-state index contributed by atoms with van der Waals surface area (Å²) in [6.07, 6.45) is -0.283. The molecule has 1 radical (unpaired) electrons. The number of nitrogens with zero attached hydrogens (tertiary/aromatic N) is 2. The lowest BCUT2D eigenvalue weighted by atomic mass is 10.0. The number of ether oxygens (including phenoxy) is 1. The molecule has 2 atom stereocenters. The van der Waals surface area contributed by atoms with Crippen molar-refractivity contribution in [2.75, 3.05) is 19.6 Å². The number of hydrogen-bond donors (Lipinski definition) is 2. The van der Waals surface area contributed by atoms with Gasteiger partial charge in [-0.3, -0.25) is 4.90 Å². The van der Waals surface area contributed by atoms with Crippen LogP contribution in [-0.2, 0) is 4.74 Å². The molecule has 0 spiro atoms. The third-order valence-electron chi connectivity index (χ3n) is 2.86. The SMILES string of the molecule is CC(C)(C)OC(=O)NC1C[N]C1N1CC(N)C1. The minimum absolute atomic E-state index is 0.0670. The number of likely N-dealkylation sites (tertiary alicyclic amines) is 1. The van der Waals surface area contributed by atoms with Gasteiger partial charge in [-0.1, -0.05) is 0 Å². The van der Waals surface area contributed by atoms with Crippen molar-refractivity contribution in [3.8, 4) is 0 Å². The maximum atomic E-state index is 11.6. The number of nitrogens with two attached hydrogens (primary N) is 1. The Hall–Kier alpha value is -0.850. The molecule has 2 saturated heterocycles. The summed E-state index contributed by atoms with van der Waals surface area (Å²) in [6.45, 7) is 7.94. The van der Waals surface area contributed by atoms with Crippen molar-refractivity contribution in [1.29, 1.82) is 0 Å². The molecule has 2 unspecified atom stereocenters. The quantitative estimate of drug-likeness (QED) is 0.680. The van der Waals surface area contributed by atoms with Gasteiger partial charge in [-0.05, 0) is 20.8 Å². The van der Waals surface area contributed by atoms with Crippen molar-refractivity contribution in [2.24, 2.45) is 5.73 Å². The summed E-state index contributed by atoms with van der Waals surface area (Å²) >= 11 is 0. The smallest absolute Gasteiger partial charge is 0.408 e. The van der Waals surface area contributed by atoms with E-state index in [1.807, 2.05) is 20.8 Å². The van der Waals surface area contributed by atoms with E-state index in [0.29, 0.717) is 6.54 Å². The van der Waals surface area contributed by atoms with Gasteiger partial charge in [0.05, 0.1) is 12.2 Å². The molecule has 3 N–H and O–H groups in total. The number of nitrogens with one attached hydrogen (secondary N) is 1. The molecular formula is C11H21N4O2. The van der Waals surface area contributed by atoms with Crippen molar-refractivity contribution >= 4 is 6.09 Å². The summed E-state index contributed by atoms with van der Waals surface area (Å²) in [5, 5.41) is 7.21. The van der Waals surface area contributed by atoms with E-state index in [2.05, 4.69) is 15.5 Å². The fourth-order valence-corrected chi connectivity index (χ4v) is 2.02. The molecule has 17 heavy (non-hydrogen) atoms. The Morgan fingerprint density at radius 1 is 1.47 bits per heavy atom. The van der Waals surface area contributed by atoms with Crippen LogP contribution in [0.3, 0.4) is 0 Å². The first-order valence-corrected chi connectivity index (χ1v) is 6.01. The molecule has 0 aromatic carbocycles. The molecule has 97 valence electrons. The van der Waals surface area contributed by atoms with Crippen molar-refractivity contribution in [2.45, 2.75) is 44.6 Å². The summed E-state index contributed by atoms with van der Waals surface area (Å²) in [5.74, 6) is 0. The number of carbonyl (C=O) groups excluding carboxylic acids is 1. The first-order valence-electron chi connectivity index (χ1n) is 6.01. The molecule has 2 rings (SSSR count). The van der Waals surface area contributed by atoms with Crippen LogP contribution in [0.1, 0.15) is 20.8 Å². The lowest BCUT2D eigenvalue weighted by Crippen LogP contribution is -2.73. The van der Waals surface area contributed by atoms with Gasteiger partial charge in [-0.25, -0.2) is 10.1 Å². The second-order valence-corrected chi connectivity index (χ2v) is 5.75. The van der Waals surface area contributed by atoms with Gasteiger partial charge in [0.1, 0.15) is 5.60 Å². The van der Waals surface area contributed by atoms with Gasteiger partial charge in [0, 0.05) is 25.7 Å². The monoisotopic (exact) mass is 241 g/mol. The zero-order valence-corrected chi connectivity index (χ0v) is 10.6. The van der Waals surface area contributed by atoms with E-state index in [1.54, 1.807) is 0 Å². The molecule has 0 aromatic heterocycles. The summed E-state index contributed by atoms with van der Waals surface area (Å²) in [7, 11) is 0. The largest absolute Gasteiger partial charge is 0.444 e. The summed E-state index contributed by atoms with van der Waals surface area (Å²) in [5.41, 5.74) is 5.26. The Morgan fingerprint density at radius 3 is 2.53 bits per heavy atom. The zero-order chi connectivity index (χ0) is 12.6. The summed E-state index contributed by atoms with van der Waals surface area (Å²) in [6, 6.07) is 0.324. The maximum Gasteiger partial charge on any atom is 0.408 e. The number of rotatable bonds is 2. The molecule has 1 amide bonds. The van der Waals surface area contributed by atoms with E-state index in [1.165, 1.54) is 0 Å². The molecule has 2 aliphatic rings. The standard InChI is InChI=1S/C11H21N4O2/c1-11(2,3)17-10(16)14-8-4-13-9(8)15-5-7(12)6-15/h7-9H,4-6,12H2,1-3H3,(H,14,16). The Morgan fingerprint density at radius 2 is 2.12 bits per heavy atom. The molecule has 0 aromatic rings. The van der Waals surface area contributed by atoms with E-state index >= 15 is 0 Å². The molecule has 6 heteroatoms. The van der Waals surface area contributed by atoms with Crippen LogP contribution in [0.25, 0.3) is 0 Å². The fraction of sp³-hybridized carbons (Fsp3) is 0.909. The molecule has 6 nitrogen and oxygen atoms in total. The lowest BCUT2D eigenvalue weighted by Gasteiger charge is -2.50. The number of alkyl carbamates (subject to hydrolysis) is 1. The third kappa shape index (κ3) is 3.08. The van der Waals surface area contributed by atoms with Gasteiger partial charge in [-0.2, -0.15) is 0 Å². The van der Waals surface area contributed by atoms with Gasteiger partial charge >= 0.3 is 6.09 Å². The van der Waals surface area contributed by atoms with E-state index in [-0.39, 0.29) is 24.3 Å². The van der Waals surface area contributed by atoms with E-state index in [9.17, 15) is 4.79 Å². The van der Waals surface area contributed by atoms with Gasteiger partial charge in [0.2, 0.25) is 0 Å². The molecule has 2 heterocycles. The first-order chi connectivity index (χ1) is 7.85. The van der Waals surface area contributed by atoms with Crippen LogP contribution in [0.2, 0.25) is 0 Å². The highest BCUT2D eigenvalue weighted by Gasteiger charge is 2.42. The molecular weight excluding hydrogens is 220 g/mol. The van der Waals surface area contributed by atoms with Crippen molar-refractivity contribution < 1.29 is 9.53 Å². The Bertz CT molecular complexity index is 296. The van der Waals surface area contributed by atoms with Gasteiger partial charge in [0.25, 0.3) is 0 Å². The Kier molecular flexibility index (Phi) is 3.29. The van der Waals surface area contributed by atoms with Crippen molar-refractivity contribution in [3.05, 3.63) is 0 Å². The van der Waals surface area contributed by atoms with Gasteiger partial charge < -0.3 is 15.8 Å². The average molecular weight is 241 g/mol. The van der Waals surface area contributed by atoms with Crippen LogP contribution in [0.4, 0.5) is 4.79 Å². The van der Waals surface area contributed by atoms with Crippen LogP contribution >= 0.6 is 0 Å². The molecule has 0 aliphatic carbocycles. The van der Waals surface area contributed by atoms with Crippen LogP contribution in [0.15, 0.2) is 0 Å². The van der Waals surface area contributed by atoms with Crippen LogP contribution < -0.4 is 16.4 Å². The molecule has 0 saturated carbocycles. The molecule has 0 bridgehead atoms. The number of hydrogen-bond acceptors (Lipinski definition) is 4. The Labute approximate surface area is 102 Å². The maximum absolute atomic E-state index is 11.6. The average Bonchev–Trinajstić information content (AvgIpc) is 2.07. The summed E-state index contributed by atoms with van der Waals surface area (Å²) in [4.78, 5) is 13.8. The normalized spacial score (nSPS) is 30.4. The third-order valence-corrected chi connectivity index (χ3v) is 2.86. The van der Waals surface area contributed by atoms with Crippen molar-refractivity contribution in [1.82, 2.24) is 15.5 Å². The highest BCUT2D eigenvalue weighted by molar-refractivity contribution is 5.68. The molecule has 2 fully saturated rings. The number of amides is 1. The predicted molar refractivity (Wildman–Crippen MR) is 63.5 cm³/mol. The van der Waals surface area contributed by atoms with Gasteiger partial charge in [0.15, 0.2) is 0 Å². The van der Waals surface area contributed by atoms with E-state index in [4.69, 9.17) is 10.5 Å². The van der Waals surface area contributed by atoms with Gasteiger partial charge in [-0.15, -0.1) is 0 Å². The summed E-state index contributed by atoms with van der Waals surface area (Å²) < 4.78 is 5.21. The second kappa shape index (κ2) is 4.44. The highest BCUT2D eigenvalue weighted by atomic mass is 16.6. The fourth-order valence-electron chi connectivity index (χ4n) is 2.02. The van der Waals surface area contributed by atoms with Crippen LogP contribution in [-0.4, -0.2) is 54.5 Å². The van der Waals surface area contributed by atoms with E-state index in [0.717, 1.165) is 13.1 Å². The van der Waals surface area contributed by atoms with Crippen LogP contribution in [0.5, 0.6) is 0 Å². The molecule has 2 aliphatic heterocycles. The zero-order valence-electron chi connectivity index (χ0n) is 10.6. The van der Waals surface area contributed by atoms with Crippen molar-refractivity contribution in [3.63, 3.8) is 0 Å². The minimum atomic E-state index is -0.459. The topological polar surface area (TPSA) is 81.7 Å². The Balaban J connectivity index is 1.74. The predicted octanol–water partition coefficient (Wildman–Crippen LogP) is -0.533. The number of carbonyl (C=O) groups is 1. The first kappa shape index (κ1) is 12.6. The lowest BCUT2D eigenvalue weighted by molar-refractivity contribution is -0.00215. The highest BCUT2D eigenvalue weighted by Crippen LogP contribution is 2.18. The second-order valence-electron chi connectivity index (χ2n) is 5.75. The minimum Gasteiger partial charge on any atom is -0.444 e. The van der Waals surface area contributed by atoms with Crippen LogP contribution in [0, 0.1) is 0 Å².